The van der Waals surface area contributed by atoms with Gasteiger partial charge in [0.1, 0.15) is 6.10 Å². The fourth-order valence-corrected chi connectivity index (χ4v) is 1.65. The summed E-state index contributed by atoms with van der Waals surface area (Å²) in [6.07, 6.45) is -0.200. The molecule has 0 fully saturated rings. The van der Waals surface area contributed by atoms with Crippen molar-refractivity contribution in [3.05, 3.63) is 65.7 Å². The van der Waals surface area contributed by atoms with Crippen molar-refractivity contribution < 1.29 is 5.11 Å². The van der Waals surface area contributed by atoms with Gasteiger partial charge in [0, 0.05) is 12.1 Å². The van der Waals surface area contributed by atoms with Crippen LogP contribution in [-0.4, -0.2) is 0 Å². The summed E-state index contributed by atoms with van der Waals surface area (Å²) in [6.45, 7) is 0. The lowest BCUT2D eigenvalue weighted by Gasteiger charge is -2.08. The minimum Gasteiger partial charge on any atom is -0.399 e. The average Bonchev–Trinajstić information content (AvgIpc) is 2.33. The molecule has 0 spiro atoms. The lowest BCUT2D eigenvalue weighted by Crippen LogP contribution is -2.00. The van der Waals surface area contributed by atoms with Crippen molar-refractivity contribution in [1.82, 2.24) is 0 Å². The minimum absolute atomic E-state index is 0.504. The fraction of sp³-hybridized carbons (Fsp3) is 0.143. The topological polar surface area (TPSA) is 45.9 Å². The van der Waals surface area contributed by atoms with E-state index in [0.717, 1.165) is 16.8 Å². The molecule has 2 N–H and O–H groups in total. The van der Waals surface area contributed by atoms with E-state index in [-0.39, 0.29) is 0 Å². The number of hydrogen-bond acceptors (Lipinski definition) is 1. The van der Waals surface area contributed by atoms with Crippen LogP contribution in [0.1, 0.15) is 17.2 Å². The zero-order valence-corrected chi connectivity index (χ0v) is 8.97. The van der Waals surface area contributed by atoms with E-state index in [1.807, 2.05) is 54.6 Å². The second kappa shape index (κ2) is 4.81. The highest BCUT2D eigenvalue weighted by Gasteiger charge is 2.09. The van der Waals surface area contributed by atoms with Crippen LogP contribution >= 0.6 is 0 Å². The zero-order valence-electron chi connectivity index (χ0n) is 8.97. The molecule has 16 heavy (non-hydrogen) atoms. The first-order chi connectivity index (χ1) is 7.75. The van der Waals surface area contributed by atoms with Gasteiger partial charge in [0.25, 0.3) is 0 Å². The molecule has 0 saturated heterocycles. The summed E-state index contributed by atoms with van der Waals surface area (Å²) in [5, 5.41) is 12.0. The van der Waals surface area contributed by atoms with Gasteiger partial charge in [0.2, 0.25) is 0 Å². The maximum absolute atomic E-state index is 12.0. The predicted octanol–water partition coefficient (Wildman–Crippen LogP) is 2.98. The smallest absolute Gasteiger partial charge is 0.122 e. The quantitative estimate of drug-likeness (QED) is 0.781. The molecular weight excluding hydrogens is 198 g/mol. The number of rotatable bonds is 3. The lowest BCUT2D eigenvalue weighted by atomic mass is 10.0. The molecule has 0 aliphatic carbocycles. The highest BCUT2D eigenvalue weighted by atomic mass is 16.3. The molecule has 1 atom stereocenters. The summed E-state index contributed by atoms with van der Waals surface area (Å²) >= 11 is 0. The van der Waals surface area contributed by atoms with Gasteiger partial charge in [-0.05, 0) is 23.3 Å². The first-order valence-corrected chi connectivity index (χ1v) is 5.31. The van der Waals surface area contributed by atoms with Gasteiger partial charge in [-0.15, -0.1) is 0 Å². The highest BCUT2D eigenvalue weighted by molar-refractivity contribution is 5.39. The zero-order chi connectivity index (χ0) is 11.4. The normalized spacial score (nSPS) is 12.3. The summed E-state index contributed by atoms with van der Waals surface area (Å²) in [6, 6.07) is 16.9. The SMILES string of the molecule is Nc1ccc(CC([O])c2ccccc2)cc1. The first-order valence-electron chi connectivity index (χ1n) is 5.31. The van der Waals surface area contributed by atoms with Crippen LogP contribution in [0.25, 0.3) is 0 Å². The molecule has 1 radical (unpaired) electrons. The Morgan fingerprint density at radius 3 is 2.19 bits per heavy atom. The van der Waals surface area contributed by atoms with Crippen LogP contribution in [0.2, 0.25) is 0 Å². The molecule has 81 valence electrons. The maximum Gasteiger partial charge on any atom is 0.122 e. The van der Waals surface area contributed by atoms with E-state index in [1.165, 1.54) is 0 Å². The number of benzene rings is 2. The van der Waals surface area contributed by atoms with Crippen molar-refractivity contribution >= 4 is 5.69 Å². The third kappa shape index (κ3) is 2.61. The Bertz CT molecular complexity index is 436. The van der Waals surface area contributed by atoms with Gasteiger partial charge in [-0.3, -0.25) is 0 Å². The van der Waals surface area contributed by atoms with E-state index in [0.29, 0.717) is 6.42 Å². The van der Waals surface area contributed by atoms with Crippen LogP contribution in [-0.2, 0) is 11.5 Å². The Kier molecular flexibility index (Phi) is 3.22. The minimum atomic E-state index is -0.704. The van der Waals surface area contributed by atoms with Gasteiger partial charge >= 0.3 is 0 Å². The molecule has 2 nitrogen and oxygen atoms in total. The van der Waals surface area contributed by atoms with Gasteiger partial charge < -0.3 is 5.73 Å². The Morgan fingerprint density at radius 1 is 0.938 bits per heavy atom. The second-order valence-corrected chi connectivity index (χ2v) is 3.85. The Hall–Kier alpha value is -1.80. The molecule has 0 bridgehead atoms. The third-order valence-electron chi connectivity index (χ3n) is 2.57. The van der Waals surface area contributed by atoms with Gasteiger partial charge in [0.05, 0.1) is 0 Å². The van der Waals surface area contributed by atoms with Crippen molar-refractivity contribution in [2.45, 2.75) is 12.5 Å². The molecule has 0 aliphatic heterocycles. The van der Waals surface area contributed by atoms with E-state index >= 15 is 0 Å². The molecule has 0 saturated carbocycles. The molecule has 0 aliphatic rings. The molecule has 2 rings (SSSR count). The largest absolute Gasteiger partial charge is 0.399 e. The average molecular weight is 212 g/mol. The van der Waals surface area contributed by atoms with Gasteiger partial charge in [-0.2, -0.15) is 0 Å². The molecular formula is C14H14NO. The van der Waals surface area contributed by atoms with Gasteiger partial charge in [0.15, 0.2) is 0 Å². The van der Waals surface area contributed by atoms with Crippen LogP contribution in [0, 0.1) is 0 Å². The Balaban J connectivity index is 2.08. The third-order valence-corrected chi connectivity index (χ3v) is 2.57. The second-order valence-electron chi connectivity index (χ2n) is 3.85. The first kappa shape index (κ1) is 10.7. The molecule has 0 aromatic heterocycles. The predicted molar refractivity (Wildman–Crippen MR) is 64.4 cm³/mol. The molecule has 0 heterocycles. The lowest BCUT2D eigenvalue weighted by molar-refractivity contribution is 0.0894. The van der Waals surface area contributed by atoms with Gasteiger partial charge in [-0.25, -0.2) is 5.11 Å². The number of nitrogen functional groups attached to an aromatic ring is 1. The molecule has 2 aromatic rings. The molecule has 2 heteroatoms. The maximum atomic E-state index is 12.0. The van der Waals surface area contributed by atoms with E-state index in [4.69, 9.17) is 5.73 Å². The van der Waals surface area contributed by atoms with E-state index in [9.17, 15) is 5.11 Å². The van der Waals surface area contributed by atoms with Crippen LogP contribution in [0.4, 0.5) is 5.69 Å². The molecule has 1 unspecified atom stereocenters. The van der Waals surface area contributed by atoms with Crippen molar-refractivity contribution in [1.29, 1.82) is 0 Å². The fourth-order valence-electron chi connectivity index (χ4n) is 1.65. The summed E-state index contributed by atoms with van der Waals surface area (Å²) in [5.41, 5.74) is 8.18. The Morgan fingerprint density at radius 2 is 1.56 bits per heavy atom. The number of anilines is 1. The van der Waals surface area contributed by atoms with Gasteiger partial charge in [-0.1, -0.05) is 42.5 Å². The van der Waals surface area contributed by atoms with Crippen LogP contribution in [0.15, 0.2) is 54.6 Å². The van der Waals surface area contributed by atoms with Crippen LogP contribution in [0.3, 0.4) is 0 Å². The van der Waals surface area contributed by atoms with Crippen molar-refractivity contribution in [3.8, 4) is 0 Å². The van der Waals surface area contributed by atoms with E-state index < -0.39 is 6.10 Å². The monoisotopic (exact) mass is 212 g/mol. The molecule has 2 aromatic carbocycles. The summed E-state index contributed by atoms with van der Waals surface area (Å²) < 4.78 is 0. The Labute approximate surface area is 95.4 Å². The van der Waals surface area contributed by atoms with Crippen LogP contribution in [0.5, 0.6) is 0 Å². The van der Waals surface area contributed by atoms with E-state index in [2.05, 4.69) is 0 Å². The molecule has 0 amide bonds. The number of hydrogen-bond donors (Lipinski definition) is 1. The summed E-state index contributed by atoms with van der Waals surface area (Å²) in [7, 11) is 0. The van der Waals surface area contributed by atoms with Crippen molar-refractivity contribution in [3.63, 3.8) is 0 Å². The summed E-state index contributed by atoms with van der Waals surface area (Å²) in [4.78, 5) is 0. The van der Waals surface area contributed by atoms with Crippen LogP contribution < -0.4 is 5.73 Å². The standard InChI is InChI=1S/C14H14NO/c15-13-8-6-11(7-9-13)10-14(16)12-4-2-1-3-5-12/h1-9,14H,10,15H2. The van der Waals surface area contributed by atoms with Crippen molar-refractivity contribution in [2.75, 3.05) is 5.73 Å². The highest BCUT2D eigenvalue weighted by Crippen LogP contribution is 2.19. The van der Waals surface area contributed by atoms with E-state index in [1.54, 1.807) is 0 Å². The van der Waals surface area contributed by atoms with Crippen molar-refractivity contribution in [2.24, 2.45) is 0 Å². The summed E-state index contributed by atoms with van der Waals surface area (Å²) in [5.74, 6) is 0. The number of nitrogens with two attached hydrogens (primary N) is 1.